The molecule has 0 aliphatic carbocycles. The van der Waals surface area contributed by atoms with Crippen LogP contribution in [0.3, 0.4) is 0 Å². The van der Waals surface area contributed by atoms with E-state index in [1.165, 1.54) is 18.2 Å². The van der Waals surface area contributed by atoms with Crippen molar-refractivity contribution in [3.63, 3.8) is 0 Å². The number of hydrogen-bond acceptors (Lipinski definition) is 4. The van der Waals surface area contributed by atoms with E-state index in [1.807, 2.05) is 26.0 Å². The van der Waals surface area contributed by atoms with E-state index in [0.29, 0.717) is 0 Å². The quantitative estimate of drug-likeness (QED) is 0.564. The molecule has 2 rings (SSSR count). The summed E-state index contributed by atoms with van der Waals surface area (Å²) in [6, 6.07) is 8.04. The number of nitrogens with one attached hydrogen (secondary N) is 1. The van der Waals surface area contributed by atoms with Crippen LogP contribution in [-0.4, -0.2) is 34.2 Å². The van der Waals surface area contributed by atoms with Gasteiger partial charge in [0.1, 0.15) is 12.3 Å². The number of ether oxygens (including phenoxy) is 1. The van der Waals surface area contributed by atoms with Gasteiger partial charge in [-0.15, -0.1) is 0 Å². The van der Waals surface area contributed by atoms with E-state index >= 15 is 0 Å². The van der Waals surface area contributed by atoms with E-state index in [1.54, 1.807) is 7.11 Å². The minimum atomic E-state index is -3.74. The van der Waals surface area contributed by atoms with Gasteiger partial charge in [-0.3, -0.25) is 9.10 Å². The second-order valence-corrected chi connectivity index (χ2v) is 10.6. The number of amides is 1. The van der Waals surface area contributed by atoms with E-state index in [9.17, 15) is 13.2 Å². The Labute approximate surface area is 194 Å². The predicted molar refractivity (Wildman–Crippen MR) is 127 cm³/mol. The van der Waals surface area contributed by atoms with Crippen LogP contribution in [0.25, 0.3) is 0 Å². The highest BCUT2D eigenvalue weighted by Crippen LogP contribution is 2.32. The fourth-order valence-corrected chi connectivity index (χ4v) is 4.74. The molecule has 0 spiro atoms. The molecule has 0 heterocycles. The van der Waals surface area contributed by atoms with Crippen LogP contribution in [0.2, 0.25) is 10.0 Å². The Morgan fingerprint density at radius 3 is 2.13 bits per heavy atom. The van der Waals surface area contributed by atoms with E-state index in [4.69, 9.17) is 27.9 Å². The number of sulfonamides is 1. The standard InChI is InChI=1S/C22H28Cl2N2O4S/c1-13(2)19-11-20(14(3)7-21(19)30-5)15(4)25-22(27)12-26(31(6,28)29)18-9-16(23)8-17(24)10-18/h7-11,13,15H,12H2,1-6H3,(H,25,27). The van der Waals surface area contributed by atoms with E-state index < -0.39 is 22.5 Å². The van der Waals surface area contributed by atoms with Crippen molar-refractivity contribution >= 4 is 44.8 Å². The zero-order chi connectivity index (χ0) is 23.5. The molecule has 31 heavy (non-hydrogen) atoms. The number of rotatable bonds is 8. The lowest BCUT2D eigenvalue weighted by atomic mass is 9.93. The van der Waals surface area contributed by atoms with Crippen LogP contribution in [0, 0.1) is 6.92 Å². The highest BCUT2D eigenvalue weighted by molar-refractivity contribution is 7.92. The molecule has 1 amide bonds. The van der Waals surface area contributed by atoms with Crippen molar-refractivity contribution in [3.05, 3.63) is 57.1 Å². The molecular formula is C22H28Cl2N2O4S. The van der Waals surface area contributed by atoms with Crippen molar-refractivity contribution in [1.82, 2.24) is 5.32 Å². The molecule has 1 N–H and O–H groups in total. The zero-order valence-electron chi connectivity index (χ0n) is 18.5. The summed E-state index contributed by atoms with van der Waals surface area (Å²) in [7, 11) is -2.11. The predicted octanol–water partition coefficient (Wildman–Crippen LogP) is 5.08. The van der Waals surface area contributed by atoms with Crippen molar-refractivity contribution in [1.29, 1.82) is 0 Å². The van der Waals surface area contributed by atoms with Gasteiger partial charge in [0, 0.05) is 10.0 Å². The lowest BCUT2D eigenvalue weighted by molar-refractivity contribution is -0.120. The first-order valence-corrected chi connectivity index (χ1v) is 12.4. The summed E-state index contributed by atoms with van der Waals surface area (Å²) in [5.41, 5.74) is 3.17. The average molecular weight is 487 g/mol. The smallest absolute Gasteiger partial charge is 0.241 e. The molecule has 0 saturated heterocycles. The molecule has 0 aromatic heterocycles. The van der Waals surface area contributed by atoms with Crippen molar-refractivity contribution in [2.45, 2.75) is 39.7 Å². The van der Waals surface area contributed by atoms with Gasteiger partial charge in [0.15, 0.2) is 0 Å². The number of hydrogen-bond donors (Lipinski definition) is 1. The Hall–Kier alpha value is -1.96. The van der Waals surface area contributed by atoms with Crippen LogP contribution in [0.5, 0.6) is 5.75 Å². The molecule has 0 fully saturated rings. The number of anilines is 1. The monoisotopic (exact) mass is 486 g/mol. The minimum Gasteiger partial charge on any atom is -0.496 e. The van der Waals surface area contributed by atoms with Crippen molar-refractivity contribution in [3.8, 4) is 5.75 Å². The van der Waals surface area contributed by atoms with Crippen LogP contribution in [0.1, 0.15) is 49.4 Å². The highest BCUT2D eigenvalue weighted by Gasteiger charge is 2.23. The molecule has 170 valence electrons. The van der Waals surface area contributed by atoms with Crippen LogP contribution in [0.15, 0.2) is 30.3 Å². The van der Waals surface area contributed by atoms with Crippen LogP contribution < -0.4 is 14.4 Å². The number of aryl methyl sites for hydroxylation is 1. The van der Waals surface area contributed by atoms with Crippen LogP contribution >= 0.6 is 23.2 Å². The number of carbonyl (C=O) groups excluding carboxylic acids is 1. The normalized spacial score (nSPS) is 12.5. The molecule has 0 bridgehead atoms. The third-order valence-corrected chi connectivity index (χ3v) is 6.48. The third-order valence-electron chi connectivity index (χ3n) is 4.91. The molecular weight excluding hydrogens is 459 g/mol. The molecule has 2 aromatic carbocycles. The van der Waals surface area contributed by atoms with E-state index in [2.05, 4.69) is 19.2 Å². The molecule has 1 unspecified atom stereocenters. The van der Waals surface area contributed by atoms with Gasteiger partial charge in [0.05, 0.1) is 25.1 Å². The summed E-state index contributed by atoms with van der Waals surface area (Å²) >= 11 is 12.0. The van der Waals surface area contributed by atoms with Gasteiger partial charge in [-0.2, -0.15) is 0 Å². The Bertz CT molecular complexity index is 1050. The zero-order valence-corrected chi connectivity index (χ0v) is 20.8. The maximum atomic E-state index is 12.8. The van der Waals surface area contributed by atoms with Crippen molar-refractivity contribution < 1.29 is 17.9 Å². The minimum absolute atomic E-state index is 0.227. The number of benzene rings is 2. The number of nitrogens with zero attached hydrogens (tertiary/aromatic N) is 1. The molecule has 1 atom stereocenters. The molecule has 9 heteroatoms. The lowest BCUT2D eigenvalue weighted by Gasteiger charge is -2.25. The lowest BCUT2D eigenvalue weighted by Crippen LogP contribution is -2.41. The summed E-state index contributed by atoms with van der Waals surface area (Å²) in [6.07, 6.45) is 1.03. The Balaban J connectivity index is 2.28. The fraction of sp³-hybridized carbons (Fsp3) is 0.409. The maximum absolute atomic E-state index is 12.8. The van der Waals surface area contributed by atoms with Crippen molar-refractivity contribution in [2.24, 2.45) is 0 Å². The number of methoxy groups -OCH3 is 1. The summed E-state index contributed by atoms with van der Waals surface area (Å²) in [5, 5.41) is 3.45. The van der Waals surface area contributed by atoms with Crippen molar-refractivity contribution in [2.75, 3.05) is 24.2 Å². The second kappa shape index (κ2) is 10.1. The average Bonchev–Trinajstić information content (AvgIpc) is 2.63. The molecule has 2 aromatic rings. The van der Waals surface area contributed by atoms with Crippen LogP contribution in [0.4, 0.5) is 5.69 Å². The fourth-order valence-electron chi connectivity index (χ4n) is 3.39. The Kier molecular flexibility index (Phi) is 8.25. The topological polar surface area (TPSA) is 75.7 Å². The molecule has 0 saturated carbocycles. The summed E-state index contributed by atoms with van der Waals surface area (Å²) in [5.74, 6) is 0.594. The van der Waals surface area contributed by atoms with E-state index in [0.717, 1.165) is 33.0 Å². The van der Waals surface area contributed by atoms with Gasteiger partial charge in [0.25, 0.3) is 0 Å². The van der Waals surface area contributed by atoms with Gasteiger partial charge < -0.3 is 10.1 Å². The van der Waals surface area contributed by atoms with Gasteiger partial charge in [-0.05, 0) is 66.8 Å². The maximum Gasteiger partial charge on any atom is 0.241 e. The highest BCUT2D eigenvalue weighted by atomic mass is 35.5. The Morgan fingerprint density at radius 1 is 1.06 bits per heavy atom. The molecule has 0 aliphatic heterocycles. The Morgan fingerprint density at radius 2 is 1.65 bits per heavy atom. The first-order chi connectivity index (χ1) is 14.3. The molecule has 0 radical (unpaired) electrons. The molecule has 6 nitrogen and oxygen atoms in total. The van der Waals surface area contributed by atoms with Crippen LogP contribution in [-0.2, 0) is 14.8 Å². The van der Waals surface area contributed by atoms with Gasteiger partial charge in [-0.1, -0.05) is 37.0 Å². The SMILES string of the molecule is COc1cc(C)c(C(C)NC(=O)CN(c2cc(Cl)cc(Cl)c2)S(C)(=O)=O)cc1C(C)C. The molecule has 0 aliphatic rings. The van der Waals surface area contributed by atoms with Gasteiger partial charge in [0.2, 0.25) is 15.9 Å². The largest absolute Gasteiger partial charge is 0.496 e. The number of halogens is 2. The first-order valence-electron chi connectivity index (χ1n) is 9.75. The van der Waals surface area contributed by atoms with Gasteiger partial charge in [-0.25, -0.2) is 8.42 Å². The number of carbonyl (C=O) groups is 1. The second-order valence-electron chi connectivity index (χ2n) is 7.79. The first kappa shape index (κ1) is 25.3. The van der Waals surface area contributed by atoms with Gasteiger partial charge >= 0.3 is 0 Å². The van der Waals surface area contributed by atoms with E-state index in [-0.39, 0.29) is 27.7 Å². The summed E-state index contributed by atoms with van der Waals surface area (Å²) in [6.45, 7) is 7.55. The summed E-state index contributed by atoms with van der Waals surface area (Å²) in [4.78, 5) is 12.8. The third kappa shape index (κ3) is 6.51. The summed E-state index contributed by atoms with van der Waals surface area (Å²) < 4.78 is 31.1.